The summed E-state index contributed by atoms with van der Waals surface area (Å²) in [7, 11) is 1.58. The molecule has 0 bridgehead atoms. The molecular formula is C29H29F3N4O5. The highest BCUT2D eigenvalue weighted by Crippen LogP contribution is 2.36. The topological polar surface area (TPSA) is 107 Å². The van der Waals surface area contributed by atoms with Gasteiger partial charge in [0.2, 0.25) is 11.8 Å². The Hall–Kier alpha value is -4.22. The number of nitrogens with one attached hydrogen (secondary N) is 1. The zero-order valence-corrected chi connectivity index (χ0v) is 22.6. The van der Waals surface area contributed by atoms with E-state index in [0.29, 0.717) is 32.5 Å². The number of alkyl halides is 3. The molecular weight excluding hydrogens is 541 g/mol. The van der Waals surface area contributed by atoms with Crippen LogP contribution in [0, 0.1) is 5.41 Å². The fraction of sp³-hybridized carbons (Fsp3) is 0.414. The first-order chi connectivity index (χ1) is 19.3. The molecule has 5 rings (SSSR count). The van der Waals surface area contributed by atoms with Crippen molar-refractivity contribution in [2.45, 2.75) is 44.8 Å². The molecule has 0 spiro atoms. The maximum absolute atomic E-state index is 13.2. The van der Waals surface area contributed by atoms with Crippen molar-refractivity contribution in [3.8, 4) is 0 Å². The van der Waals surface area contributed by atoms with Gasteiger partial charge < -0.3 is 9.80 Å². The van der Waals surface area contributed by atoms with Gasteiger partial charge in [-0.3, -0.25) is 34.2 Å². The van der Waals surface area contributed by atoms with Crippen LogP contribution in [-0.4, -0.2) is 72.1 Å². The van der Waals surface area contributed by atoms with Crippen molar-refractivity contribution in [3.05, 3.63) is 64.7 Å². The van der Waals surface area contributed by atoms with Crippen molar-refractivity contribution in [2.75, 3.05) is 31.6 Å². The Morgan fingerprint density at radius 2 is 1.71 bits per heavy atom. The first-order valence-electron chi connectivity index (χ1n) is 13.3. The number of carbonyl (C=O) groups is 5. The Bertz CT molecular complexity index is 1450. The first kappa shape index (κ1) is 28.3. The SMILES string of the molecule is CN(CC1(C)CCN(c2ccc3c(c2)C(=O)N(C2CCC(=O)NC2=O)C3=O)CC1)C(=O)c1cccc(C(F)(F)F)c1. The van der Waals surface area contributed by atoms with E-state index in [0.717, 1.165) is 22.7 Å². The quantitative estimate of drug-likeness (QED) is 0.552. The normalized spacial score (nSPS) is 20.7. The lowest BCUT2D eigenvalue weighted by Gasteiger charge is -2.42. The van der Waals surface area contributed by atoms with E-state index in [-0.39, 0.29) is 34.9 Å². The van der Waals surface area contributed by atoms with Gasteiger partial charge >= 0.3 is 6.18 Å². The zero-order valence-electron chi connectivity index (χ0n) is 22.6. The van der Waals surface area contributed by atoms with E-state index in [9.17, 15) is 37.1 Å². The molecule has 216 valence electrons. The van der Waals surface area contributed by atoms with Crippen molar-refractivity contribution in [1.82, 2.24) is 15.1 Å². The monoisotopic (exact) mass is 570 g/mol. The Morgan fingerprint density at radius 1 is 1.02 bits per heavy atom. The molecule has 0 saturated carbocycles. The first-order valence-corrected chi connectivity index (χ1v) is 13.3. The highest BCUT2D eigenvalue weighted by molar-refractivity contribution is 6.23. The molecule has 0 radical (unpaired) electrons. The predicted molar refractivity (Wildman–Crippen MR) is 141 cm³/mol. The number of halogens is 3. The molecule has 9 nitrogen and oxygen atoms in total. The molecule has 41 heavy (non-hydrogen) atoms. The average Bonchev–Trinajstić information content (AvgIpc) is 3.17. The second kappa shape index (κ2) is 10.3. The molecule has 0 aliphatic carbocycles. The maximum Gasteiger partial charge on any atom is 0.416 e. The lowest BCUT2D eigenvalue weighted by atomic mass is 9.79. The summed E-state index contributed by atoms with van der Waals surface area (Å²) in [5.74, 6) is -2.72. The van der Waals surface area contributed by atoms with E-state index >= 15 is 0 Å². The Balaban J connectivity index is 1.23. The fourth-order valence-corrected chi connectivity index (χ4v) is 5.81. The third-order valence-corrected chi connectivity index (χ3v) is 8.16. The molecule has 1 unspecified atom stereocenters. The fourth-order valence-electron chi connectivity index (χ4n) is 5.81. The van der Waals surface area contributed by atoms with E-state index in [1.807, 2.05) is 6.92 Å². The minimum Gasteiger partial charge on any atom is -0.371 e. The van der Waals surface area contributed by atoms with E-state index in [2.05, 4.69) is 10.2 Å². The maximum atomic E-state index is 13.2. The molecule has 0 aromatic heterocycles. The van der Waals surface area contributed by atoms with Crippen molar-refractivity contribution >= 4 is 35.2 Å². The minimum atomic E-state index is -4.54. The van der Waals surface area contributed by atoms with Gasteiger partial charge in [0.05, 0.1) is 16.7 Å². The molecule has 2 fully saturated rings. The van der Waals surface area contributed by atoms with E-state index in [1.165, 1.54) is 17.0 Å². The summed E-state index contributed by atoms with van der Waals surface area (Å²) in [4.78, 5) is 67.3. The summed E-state index contributed by atoms with van der Waals surface area (Å²) in [6.45, 7) is 3.58. The number of hydrogen-bond donors (Lipinski definition) is 1. The molecule has 2 saturated heterocycles. The van der Waals surface area contributed by atoms with Crippen molar-refractivity contribution in [2.24, 2.45) is 5.41 Å². The Morgan fingerprint density at radius 3 is 2.37 bits per heavy atom. The summed E-state index contributed by atoms with van der Waals surface area (Å²) >= 11 is 0. The molecule has 3 heterocycles. The second-order valence-electron chi connectivity index (χ2n) is 11.2. The van der Waals surface area contributed by atoms with Gasteiger partial charge in [-0.05, 0) is 61.1 Å². The number of rotatable bonds is 5. The van der Waals surface area contributed by atoms with Crippen LogP contribution in [0.5, 0.6) is 0 Å². The number of carbonyl (C=O) groups excluding carboxylic acids is 5. The van der Waals surface area contributed by atoms with Crippen LogP contribution in [-0.2, 0) is 15.8 Å². The van der Waals surface area contributed by atoms with Crippen molar-refractivity contribution < 1.29 is 37.1 Å². The molecule has 5 amide bonds. The highest BCUT2D eigenvalue weighted by Gasteiger charge is 2.45. The molecule has 2 aromatic carbocycles. The van der Waals surface area contributed by atoms with Gasteiger partial charge in [0, 0.05) is 44.4 Å². The number of hydrogen-bond acceptors (Lipinski definition) is 6. The van der Waals surface area contributed by atoms with Crippen LogP contribution in [0.2, 0.25) is 0 Å². The summed E-state index contributed by atoms with van der Waals surface area (Å²) in [6.07, 6.45) is -3.05. The van der Waals surface area contributed by atoms with Crippen molar-refractivity contribution in [1.29, 1.82) is 0 Å². The van der Waals surface area contributed by atoms with Crippen LogP contribution in [0.1, 0.15) is 69.2 Å². The second-order valence-corrected chi connectivity index (χ2v) is 11.2. The van der Waals surface area contributed by atoms with Crippen LogP contribution < -0.4 is 10.2 Å². The number of piperidine rings is 2. The average molecular weight is 571 g/mol. The van der Waals surface area contributed by atoms with E-state index < -0.39 is 47.3 Å². The van der Waals surface area contributed by atoms with Crippen LogP contribution in [0.4, 0.5) is 18.9 Å². The number of amides is 5. The van der Waals surface area contributed by atoms with E-state index in [1.54, 1.807) is 25.2 Å². The number of imide groups is 2. The molecule has 3 aliphatic heterocycles. The predicted octanol–water partition coefficient (Wildman–Crippen LogP) is 3.49. The van der Waals surface area contributed by atoms with Gasteiger partial charge in [0.15, 0.2) is 0 Å². The Labute approximate surface area is 234 Å². The zero-order chi connectivity index (χ0) is 29.7. The molecule has 12 heteroatoms. The van der Waals surface area contributed by atoms with E-state index in [4.69, 9.17) is 0 Å². The summed E-state index contributed by atoms with van der Waals surface area (Å²) in [5.41, 5.74) is -0.0197. The highest BCUT2D eigenvalue weighted by atomic mass is 19.4. The third-order valence-electron chi connectivity index (χ3n) is 8.16. The largest absolute Gasteiger partial charge is 0.416 e. The van der Waals surface area contributed by atoms with Crippen molar-refractivity contribution in [3.63, 3.8) is 0 Å². The third kappa shape index (κ3) is 5.42. The number of benzene rings is 2. The number of fused-ring (bicyclic) bond motifs is 1. The van der Waals surface area contributed by atoms with Gasteiger partial charge in [-0.2, -0.15) is 13.2 Å². The molecule has 3 aliphatic rings. The van der Waals surface area contributed by atoms with Crippen LogP contribution >= 0.6 is 0 Å². The molecule has 1 atom stereocenters. The van der Waals surface area contributed by atoms with Crippen LogP contribution in [0.3, 0.4) is 0 Å². The Kier molecular flexibility index (Phi) is 7.12. The van der Waals surface area contributed by atoms with Gasteiger partial charge in [-0.25, -0.2) is 0 Å². The molecule has 1 N–H and O–H groups in total. The van der Waals surface area contributed by atoms with Gasteiger partial charge in [-0.1, -0.05) is 13.0 Å². The summed E-state index contributed by atoms with van der Waals surface area (Å²) in [5, 5.41) is 2.18. The lowest BCUT2D eigenvalue weighted by molar-refractivity contribution is -0.138. The van der Waals surface area contributed by atoms with Crippen LogP contribution in [0.15, 0.2) is 42.5 Å². The summed E-state index contributed by atoms with van der Waals surface area (Å²) in [6, 6.07) is 8.34. The standard InChI is InChI=1S/C29H29F3N4O5/c1-28(16-34(2)25(39)17-4-3-5-18(14-17)29(30,31)32)10-12-35(13-11-28)19-6-7-20-21(15-19)27(41)36(26(20)40)22-8-9-23(37)33-24(22)38/h3-7,14-15,22H,8-13,16H2,1-2H3,(H,33,37,38). The number of nitrogens with zero attached hydrogens (tertiary/aromatic N) is 3. The summed E-state index contributed by atoms with van der Waals surface area (Å²) < 4.78 is 39.3. The number of anilines is 1. The van der Waals surface area contributed by atoms with Gasteiger partial charge in [0.1, 0.15) is 6.04 Å². The minimum absolute atomic E-state index is 0.0212. The lowest BCUT2D eigenvalue weighted by Crippen LogP contribution is -2.54. The van der Waals surface area contributed by atoms with Gasteiger partial charge in [-0.15, -0.1) is 0 Å². The smallest absolute Gasteiger partial charge is 0.371 e. The molecule has 2 aromatic rings. The van der Waals surface area contributed by atoms with Crippen LogP contribution in [0.25, 0.3) is 0 Å². The van der Waals surface area contributed by atoms with Gasteiger partial charge in [0.25, 0.3) is 17.7 Å².